The molecule has 2 aromatic rings. The number of nitrogens with zero attached hydrogens (tertiary/aromatic N) is 1. The number of halogens is 1. The Morgan fingerprint density at radius 1 is 1.28 bits per heavy atom. The molecule has 2 rings (SSSR count). The standard InChI is InChI=1S/C12H11ClN2O2S/c13-10-3-4-12(11(14)6-10)18(16,17)8-9-2-1-5-15-7-9/h1-7H,8,14H2. The van der Waals surface area contributed by atoms with E-state index in [-0.39, 0.29) is 16.3 Å². The number of nitrogens with two attached hydrogens (primary N) is 1. The van der Waals surface area contributed by atoms with Crippen LogP contribution < -0.4 is 5.73 Å². The molecule has 1 heterocycles. The van der Waals surface area contributed by atoms with Gasteiger partial charge in [-0.05, 0) is 29.8 Å². The lowest BCUT2D eigenvalue weighted by Gasteiger charge is -2.07. The number of rotatable bonds is 3. The first-order chi connectivity index (χ1) is 8.49. The predicted molar refractivity (Wildman–Crippen MR) is 71.0 cm³/mol. The third-order valence-corrected chi connectivity index (χ3v) is 4.38. The van der Waals surface area contributed by atoms with Crippen LogP contribution >= 0.6 is 11.6 Å². The molecule has 0 bridgehead atoms. The Morgan fingerprint density at radius 3 is 2.67 bits per heavy atom. The van der Waals surface area contributed by atoms with E-state index in [1.807, 2.05) is 0 Å². The average molecular weight is 283 g/mol. The van der Waals surface area contributed by atoms with E-state index in [9.17, 15) is 8.42 Å². The van der Waals surface area contributed by atoms with Gasteiger partial charge < -0.3 is 5.73 Å². The summed E-state index contributed by atoms with van der Waals surface area (Å²) >= 11 is 5.74. The highest BCUT2D eigenvalue weighted by Gasteiger charge is 2.18. The number of anilines is 1. The van der Waals surface area contributed by atoms with Gasteiger partial charge in [0.1, 0.15) is 0 Å². The van der Waals surface area contributed by atoms with Crippen LogP contribution in [0.5, 0.6) is 0 Å². The van der Waals surface area contributed by atoms with Crippen LogP contribution in [0.2, 0.25) is 5.02 Å². The van der Waals surface area contributed by atoms with Crippen LogP contribution in [0.4, 0.5) is 5.69 Å². The monoisotopic (exact) mass is 282 g/mol. The number of hydrogen-bond acceptors (Lipinski definition) is 4. The first kappa shape index (κ1) is 12.9. The Bertz CT molecular complexity index is 657. The number of pyridine rings is 1. The fourth-order valence-electron chi connectivity index (χ4n) is 1.58. The molecule has 0 aliphatic carbocycles. The lowest BCUT2D eigenvalue weighted by molar-refractivity contribution is 0.595. The highest BCUT2D eigenvalue weighted by molar-refractivity contribution is 7.90. The summed E-state index contributed by atoms with van der Waals surface area (Å²) in [5, 5.41) is 0.410. The van der Waals surface area contributed by atoms with Crippen molar-refractivity contribution in [1.29, 1.82) is 0 Å². The normalized spacial score (nSPS) is 11.4. The summed E-state index contributed by atoms with van der Waals surface area (Å²) < 4.78 is 24.4. The number of sulfone groups is 1. The number of aromatic nitrogens is 1. The van der Waals surface area contributed by atoms with Gasteiger partial charge >= 0.3 is 0 Å². The van der Waals surface area contributed by atoms with Crippen molar-refractivity contribution in [2.75, 3.05) is 5.73 Å². The number of benzene rings is 1. The maximum absolute atomic E-state index is 12.2. The van der Waals surface area contributed by atoms with Crippen molar-refractivity contribution >= 4 is 27.1 Å². The van der Waals surface area contributed by atoms with E-state index in [0.717, 1.165) is 0 Å². The molecule has 0 saturated heterocycles. The third-order valence-electron chi connectivity index (χ3n) is 2.39. The highest BCUT2D eigenvalue weighted by Crippen LogP contribution is 2.25. The maximum Gasteiger partial charge on any atom is 0.184 e. The summed E-state index contributed by atoms with van der Waals surface area (Å²) in [5.41, 5.74) is 6.46. The lowest BCUT2D eigenvalue weighted by Crippen LogP contribution is -2.08. The molecule has 18 heavy (non-hydrogen) atoms. The van der Waals surface area contributed by atoms with Crippen molar-refractivity contribution in [3.05, 3.63) is 53.3 Å². The molecule has 0 amide bonds. The van der Waals surface area contributed by atoms with E-state index in [4.69, 9.17) is 17.3 Å². The SMILES string of the molecule is Nc1cc(Cl)ccc1S(=O)(=O)Cc1cccnc1. The Hall–Kier alpha value is -1.59. The molecule has 0 fully saturated rings. The summed E-state index contributed by atoms with van der Waals surface area (Å²) in [4.78, 5) is 3.98. The second-order valence-corrected chi connectivity index (χ2v) is 6.20. The second kappa shape index (κ2) is 4.96. The van der Waals surface area contributed by atoms with Crippen molar-refractivity contribution in [3.8, 4) is 0 Å². The molecular weight excluding hydrogens is 272 g/mol. The Balaban J connectivity index is 2.37. The first-order valence-corrected chi connectivity index (χ1v) is 7.19. The molecule has 0 spiro atoms. The largest absolute Gasteiger partial charge is 0.398 e. The fraction of sp³-hybridized carbons (Fsp3) is 0.0833. The zero-order chi connectivity index (χ0) is 13.2. The van der Waals surface area contributed by atoms with Gasteiger partial charge in [0, 0.05) is 17.4 Å². The van der Waals surface area contributed by atoms with E-state index < -0.39 is 9.84 Å². The van der Waals surface area contributed by atoms with Crippen LogP contribution in [0.15, 0.2) is 47.6 Å². The van der Waals surface area contributed by atoms with Gasteiger partial charge in [0.25, 0.3) is 0 Å². The zero-order valence-corrected chi connectivity index (χ0v) is 10.9. The maximum atomic E-state index is 12.2. The molecule has 6 heteroatoms. The lowest BCUT2D eigenvalue weighted by atomic mass is 10.3. The van der Waals surface area contributed by atoms with Crippen molar-refractivity contribution < 1.29 is 8.42 Å². The van der Waals surface area contributed by atoms with E-state index in [1.165, 1.54) is 24.4 Å². The van der Waals surface area contributed by atoms with Gasteiger partial charge in [-0.15, -0.1) is 0 Å². The van der Waals surface area contributed by atoms with Crippen LogP contribution in [0, 0.1) is 0 Å². The van der Waals surface area contributed by atoms with Crippen molar-refractivity contribution in [2.45, 2.75) is 10.6 Å². The molecule has 1 aromatic heterocycles. The molecular formula is C12H11ClN2O2S. The molecule has 1 aromatic carbocycles. The van der Waals surface area contributed by atoms with E-state index in [1.54, 1.807) is 18.3 Å². The Morgan fingerprint density at radius 2 is 2.06 bits per heavy atom. The molecule has 0 unspecified atom stereocenters. The molecule has 0 aliphatic heterocycles. The zero-order valence-electron chi connectivity index (χ0n) is 9.38. The van der Waals surface area contributed by atoms with Gasteiger partial charge in [0.2, 0.25) is 0 Å². The first-order valence-electron chi connectivity index (χ1n) is 5.16. The molecule has 0 saturated carbocycles. The fourth-order valence-corrected chi connectivity index (χ4v) is 3.22. The van der Waals surface area contributed by atoms with E-state index in [2.05, 4.69) is 4.98 Å². The van der Waals surface area contributed by atoms with Crippen LogP contribution in [0.3, 0.4) is 0 Å². The minimum atomic E-state index is -3.48. The summed E-state index contributed by atoms with van der Waals surface area (Å²) in [6, 6.07) is 7.75. The Labute approximate surface area is 110 Å². The summed E-state index contributed by atoms with van der Waals surface area (Å²) in [7, 11) is -3.48. The Kier molecular flexibility index (Phi) is 3.54. The quantitative estimate of drug-likeness (QED) is 0.877. The minimum Gasteiger partial charge on any atom is -0.398 e. The van der Waals surface area contributed by atoms with Gasteiger partial charge in [-0.3, -0.25) is 4.98 Å². The van der Waals surface area contributed by atoms with Crippen LogP contribution in [-0.4, -0.2) is 13.4 Å². The predicted octanol–water partition coefficient (Wildman–Crippen LogP) is 2.29. The highest BCUT2D eigenvalue weighted by atomic mass is 35.5. The smallest absolute Gasteiger partial charge is 0.184 e. The number of hydrogen-bond donors (Lipinski definition) is 1. The van der Waals surface area contributed by atoms with Gasteiger partial charge in [0.05, 0.1) is 16.3 Å². The summed E-state index contributed by atoms with van der Waals surface area (Å²) in [6.07, 6.45) is 3.11. The van der Waals surface area contributed by atoms with Crippen molar-refractivity contribution in [3.63, 3.8) is 0 Å². The second-order valence-electron chi connectivity index (χ2n) is 3.80. The molecule has 4 nitrogen and oxygen atoms in total. The summed E-state index contributed by atoms with van der Waals surface area (Å²) in [6.45, 7) is 0. The van der Waals surface area contributed by atoms with E-state index >= 15 is 0 Å². The van der Waals surface area contributed by atoms with Gasteiger partial charge in [0.15, 0.2) is 9.84 Å². The van der Waals surface area contributed by atoms with Crippen molar-refractivity contribution in [2.24, 2.45) is 0 Å². The topological polar surface area (TPSA) is 73.1 Å². The number of nitrogen functional groups attached to an aromatic ring is 1. The van der Waals surface area contributed by atoms with Gasteiger partial charge in [-0.1, -0.05) is 17.7 Å². The van der Waals surface area contributed by atoms with Crippen LogP contribution in [0.1, 0.15) is 5.56 Å². The molecule has 0 aliphatic rings. The van der Waals surface area contributed by atoms with Gasteiger partial charge in [-0.2, -0.15) is 0 Å². The molecule has 0 atom stereocenters. The average Bonchev–Trinajstić information content (AvgIpc) is 2.29. The van der Waals surface area contributed by atoms with Crippen LogP contribution in [0.25, 0.3) is 0 Å². The van der Waals surface area contributed by atoms with Crippen molar-refractivity contribution in [1.82, 2.24) is 4.98 Å². The summed E-state index contributed by atoms with van der Waals surface area (Å²) in [5.74, 6) is -0.132. The molecule has 2 N–H and O–H groups in total. The van der Waals surface area contributed by atoms with Crippen LogP contribution in [-0.2, 0) is 15.6 Å². The molecule has 94 valence electrons. The van der Waals surface area contributed by atoms with E-state index in [0.29, 0.717) is 10.6 Å². The molecule has 0 radical (unpaired) electrons. The third kappa shape index (κ3) is 2.80. The minimum absolute atomic E-state index is 0.0933. The van der Waals surface area contributed by atoms with Gasteiger partial charge in [-0.25, -0.2) is 8.42 Å².